The molecular weight excluding hydrogens is 244 g/mol. The highest BCUT2D eigenvalue weighted by Gasteiger charge is 2.23. The summed E-state index contributed by atoms with van der Waals surface area (Å²) in [6, 6.07) is 8.00. The summed E-state index contributed by atoms with van der Waals surface area (Å²) >= 11 is 1.69. The van der Waals surface area contributed by atoms with Gasteiger partial charge in [-0.3, -0.25) is 4.79 Å². The van der Waals surface area contributed by atoms with Crippen LogP contribution in [0.2, 0.25) is 0 Å². The Kier molecular flexibility index (Phi) is 4.66. The average Bonchev–Trinajstić information content (AvgIpc) is 2.39. The molecule has 0 unspecified atom stereocenters. The molecule has 1 aliphatic heterocycles. The SMILES string of the molecule is CSc1cccc(NC(=O)[C@@H]2CCCN(C)C2)c1. The van der Waals surface area contributed by atoms with Gasteiger partial charge in [-0.05, 0) is 50.9 Å². The van der Waals surface area contributed by atoms with Crippen LogP contribution >= 0.6 is 11.8 Å². The first kappa shape index (κ1) is 13.4. The van der Waals surface area contributed by atoms with Gasteiger partial charge in [-0.25, -0.2) is 0 Å². The number of amides is 1. The standard InChI is InChI=1S/C14H20N2OS/c1-16-8-4-5-11(10-16)14(17)15-12-6-3-7-13(9-12)18-2/h3,6-7,9,11H,4-5,8,10H2,1-2H3,(H,15,17)/t11-/m1/s1. The fourth-order valence-corrected chi connectivity index (χ4v) is 2.79. The third-order valence-electron chi connectivity index (χ3n) is 3.33. The van der Waals surface area contributed by atoms with Gasteiger partial charge >= 0.3 is 0 Å². The lowest BCUT2D eigenvalue weighted by atomic mass is 9.97. The van der Waals surface area contributed by atoms with E-state index in [1.807, 2.05) is 24.5 Å². The zero-order valence-electron chi connectivity index (χ0n) is 11.0. The van der Waals surface area contributed by atoms with E-state index in [2.05, 4.69) is 23.3 Å². The van der Waals surface area contributed by atoms with Gasteiger partial charge < -0.3 is 10.2 Å². The molecule has 0 aliphatic carbocycles. The van der Waals surface area contributed by atoms with Crippen LogP contribution in [-0.4, -0.2) is 37.2 Å². The van der Waals surface area contributed by atoms with Crippen LogP contribution in [0, 0.1) is 5.92 Å². The Balaban J connectivity index is 1.97. The van der Waals surface area contributed by atoms with Crippen molar-refractivity contribution in [2.24, 2.45) is 5.92 Å². The number of nitrogens with one attached hydrogen (secondary N) is 1. The van der Waals surface area contributed by atoms with Gasteiger partial charge in [0.05, 0.1) is 5.92 Å². The number of carbonyl (C=O) groups excluding carboxylic acids is 1. The minimum absolute atomic E-state index is 0.127. The predicted octanol–water partition coefficient (Wildman–Crippen LogP) is 2.69. The summed E-state index contributed by atoms with van der Waals surface area (Å²) in [7, 11) is 2.08. The Labute approximate surface area is 113 Å². The van der Waals surface area contributed by atoms with Crippen molar-refractivity contribution >= 4 is 23.4 Å². The summed E-state index contributed by atoms with van der Waals surface area (Å²) in [5.41, 5.74) is 0.903. The van der Waals surface area contributed by atoms with Gasteiger partial charge in [0.1, 0.15) is 0 Å². The minimum atomic E-state index is 0.127. The van der Waals surface area contributed by atoms with E-state index in [4.69, 9.17) is 0 Å². The fourth-order valence-electron chi connectivity index (χ4n) is 2.33. The van der Waals surface area contributed by atoms with Crippen molar-refractivity contribution in [1.82, 2.24) is 4.90 Å². The van der Waals surface area contributed by atoms with E-state index < -0.39 is 0 Å². The van der Waals surface area contributed by atoms with E-state index in [9.17, 15) is 4.79 Å². The van der Waals surface area contributed by atoms with Crippen LogP contribution in [0.5, 0.6) is 0 Å². The van der Waals surface area contributed by atoms with Gasteiger partial charge in [0.15, 0.2) is 0 Å². The zero-order valence-corrected chi connectivity index (χ0v) is 11.8. The second-order valence-electron chi connectivity index (χ2n) is 4.82. The van der Waals surface area contributed by atoms with Crippen LogP contribution in [0.25, 0.3) is 0 Å². The van der Waals surface area contributed by atoms with Gasteiger partial charge in [0.2, 0.25) is 5.91 Å². The molecular formula is C14H20N2OS. The molecule has 4 heteroatoms. The second-order valence-corrected chi connectivity index (χ2v) is 5.70. The fraction of sp³-hybridized carbons (Fsp3) is 0.500. The molecule has 0 spiro atoms. The summed E-state index contributed by atoms with van der Waals surface area (Å²) in [5, 5.41) is 3.03. The maximum absolute atomic E-state index is 12.2. The first-order chi connectivity index (χ1) is 8.69. The molecule has 1 aliphatic rings. The summed E-state index contributed by atoms with van der Waals surface area (Å²) in [4.78, 5) is 15.6. The lowest BCUT2D eigenvalue weighted by Gasteiger charge is -2.28. The summed E-state index contributed by atoms with van der Waals surface area (Å²) in [6.07, 6.45) is 4.15. The molecule has 98 valence electrons. The van der Waals surface area contributed by atoms with E-state index >= 15 is 0 Å². The maximum atomic E-state index is 12.2. The maximum Gasteiger partial charge on any atom is 0.228 e. The van der Waals surface area contributed by atoms with Crippen molar-refractivity contribution in [3.8, 4) is 0 Å². The highest BCUT2D eigenvalue weighted by Crippen LogP contribution is 2.21. The first-order valence-corrected chi connectivity index (χ1v) is 7.55. The van der Waals surface area contributed by atoms with E-state index in [1.165, 1.54) is 4.90 Å². The molecule has 0 bridgehead atoms. The van der Waals surface area contributed by atoms with Gasteiger partial charge in [0, 0.05) is 17.1 Å². The Bertz CT molecular complexity index is 422. The Morgan fingerprint density at radius 3 is 3.06 bits per heavy atom. The molecule has 1 aromatic carbocycles. The van der Waals surface area contributed by atoms with Crippen molar-refractivity contribution < 1.29 is 4.79 Å². The Hall–Kier alpha value is -1.00. The number of carbonyl (C=O) groups is 1. The molecule has 18 heavy (non-hydrogen) atoms. The van der Waals surface area contributed by atoms with Gasteiger partial charge in [-0.15, -0.1) is 11.8 Å². The molecule has 1 N–H and O–H groups in total. The van der Waals surface area contributed by atoms with E-state index in [0.717, 1.165) is 31.6 Å². The van der Waals surface area contributed by atoms with Gasteiger partial charge in [-0.1, -0.05) is 6.07 Å². The van der Waals surface area contributed by atoms with Gasteiger partial charge in [-0.2, -0.15) is 0 Å². The molecule has 1 fully saturated rings. The number of piperidine rings is 1. The molecule has 0 radical (unpaired) electrons. The molecule has 1 aromatic rings. The Morgan fingerprint density at radius 1 is 1.50 bits per heavy atom. The van der Waals surface area contributed by atoms with Crippen molar-refractivity contribution in [3.63, 3.8) is 0 Å². The molecule has 2 rings (SSSR count). The Morgan fingerprint density at radius 2 is 2.33 bits per heavy atom. The highest BCUT2D eigenvalue weighted by atomic mass is 32.2. The molecule has 1 saturated heterocycles. The normalized spacial score (nSPS) is 20.7. The van der Waals surface area contributed by atoms with Crippen LogP contribution in [0.15, 0.2) is 29.2 Å². The quantitative estimate of drug-likeness (QED) is 0.852. The number of benzene rings is 1. The predicted molar refractivity (Wildman–Crippen MR) is 77.1 cm³/mol. The molecule has 1 atom stereocenters. The number of rotatable bonds is 3. The summed E-state index contributed by atoms with van der Waals surface area (Å²) in [6.45, 7) is 1.97. The topological polar surface area (TPSA) is 32.3 Å². The average molecular weight is 264 g/mol. The van der Waals surface area contributed by atoms with Crippen molar-refractivity contribution in [2.75, 3.05) is 31.7 Å². The van der Waals surface area contributed by atoms with E-state index in [-0.39, 0.29) is 11.8 Å². The van der Waals surface area contributed by atoms with Crippen molar-refractivity contribution in [1.29, 1.82) is 0 Å². The van der Waals surface area contributed by atoms with Crippen molar-refractivity contribution in [2.45, 2.75) is 17.7 Å². The largest absolute Gasteiger partial charge is 0.326 e. The number of thioether (sulfide) groups is 1. The van der Waals surface area contributed by atoms with Crippen LogP contribution in [-0.2, 0) is 4.79 Å². The zero-order chi connectivity index (χ0) is 13.0. The highest BCUT2D eigenvalue weighted by molar-refractivity contribution is 7.98. The van der Waals surface area contributed by atoms with Crippen LogP contribution in [0.3, 0.4) is 0 Å². The van der Waals surface area contributed by atoms with Gasteiger partial charge in [0.25, 0.3) is 0 Å². The molecule has 1 amide bonds. The number of hydrogen-bond acceptors (Lipinski definition) is 3. The monoisotopic (exact) mass is 264 g/mol. The number of nitrogens with zero attached hydrogens (tertiary/aromatic N) is 1. The third kappa shape index (κ3) is 3.50. The van der Waals surface area contributed by atoms with Crippen LogP contribution in [0.1, 0.15) is 12.8 Å². The molecule has 0 saturated carbocycles. The van der Waals surface area contributed by atoms with E-state index in [0.29, 0.717) is 0 Å². The third-order valence-corrected chi connectivity index (χ3v) is 4.06. The van der Waals surface area contributed by atoms with Crippen LogP contribution in [0.4, 0.5) is 5.69 Å². The number of likely N-dealkylation sites (tertiary alicyclic amines) is 1. The first-order valence-electron chi connectivity index (χ1n) is 6.32. The summed E-state index contributed by atoms with van der Waals surface area (Å²) < 4.78 is 0. The minimum Gasteiger partial charge on any atom is -0.326 e. The second kappa shape index (κ2) is 6.25. The summed E-state index contributed by atoms with van der Waals surface area (Å²) in [5.74, 6) is 0.279. The molecule has 3 nitrogen and oxygen atoms in total. The van der Waals surface area contributed by atoms with Crippen LogP contribution < -0.4 is 5.32 Å². The van der Waals surface area contributed by atoms with Crippen molar-refractivity contribution in [3.05, 3.63) is 24.3 Å². The molecule has 0 aromatic heterocycles. The number of anilines is 1. The number of hydrogen-bond donors (Lipinski definition) is 1. The lowest BCUT2D eigenvalue weighted by molar-refractivity contribution is -0.121. The lowest BCUT2D eigenvalue weighted by Crippen LogP contribution is -2.38. The smallest absolute Gasteiger partial charge is 0.228 e. The van der Waals surface area contributed by atoms with E-state index in [1.54, 1.807) is 11.8 Å². The molecule has 1 heterocycles.